The van der Waals surface area contributed by atoms with E-state index < -0.39 is 0 Å². The van der Waals surface area contributed by atoms with Crippen molar-refractivity contribution in [2.24, 2.45) is 0 Å². The van der Waals surface area contributed by atoms with E-state index in [9.17, 15) is 0 Å². The molecule has 0 saturated carbocycles. The number of rotatable bonds is 2. The zero-order chi connectivity index (χ0) is 24.5. The van der Waals surface area contributed by atoms with Gasteiger partial charge in [0.25, 0.3) is 0 Å². The van der Waals surface area contributed by atoms with Gasteiger partial charge in [-0.15, -0.1) is 65.4 Å². The molecule has 4 aromatic heterocycles. The van der Waals surface area contributed by atoms with Crippen LogP contribution in [0.1, 0.15) is 11.1 Å². The summed E-state index contributed by atoms with van der Waals surface area (Å²) in [5.41, 5.74) is 7.94. The van der Waals surface area contributed by atoms with Crippen molar-refractivity contribution in [3.8, 4) is 22.5 Å². The third kappa shape index (κ3) is 4.99. The number of aromatic nitrogens is 2. The Morgan fingerprint density at radius 3 is 2.24 bits per heavy atom. The van der Waals surface area contributed by atoms with Crippen molar-refractivity contribution in [1.29, 1.82) is 0 Å². The average molecular weight is 675 g/mol. The molecule has 3 aromatic carbocycles. The summed E-state index contributed by atoms with van der Waals surface area (Å²) in [6.07, 6.45) is 3.75. The van der Waals surface area contributed by atoms with Crippen molar-refractivity contribution in [3.05, 3.63) is 120 Å². The summed E-state index contributed by atoms with van der Waals surface area (Å²) in [4.78, 5) is 8.85. The van der Waals surface area contributed by atoms with Gasteiger partial charge in [0.05, 0.1) is 5.58 Å². The van der Waals surface area contributed by atoms with Crippen LogP contribution in [0.3, 0.4) is 0 Å². The predicted octanol–water partition coefficient (Wildman–Crippen LogP) is 8.83. The molecule has 0 aliphatic carbocycles. The van der Waals surface area contributed by atoms with Crippen molar-refractivity contribution < 1.29 is 24.5 Å². The van der Waals surface area contributed by atoms with Crippen LogP contribution in [-0.2, 0) is 20.1 Å². The van der Waals surface area contributed by atoms with Gasteiger partial charge in [-0.25, -0.2) is 0 Å². The van der Waals surface area contributed by atoms with Crippen molar-refractivity contribution in [3.63, 3.8) is 0 Å². The van der Waals surface area contributed by atoms with E-state index in [1.54, 1.807) is 11.3 Å². The van der Waals surface area contributed by atoms with Crippen LogP contribution in [0.4, 0.5) is 0 Å². The fourth-order valence-electron chi connectivity index (χ4n) is 4.24. The van der Waals surface area contributed by atoms with Gasteiger partial charge in [0.2, 0.25) is 0 Å². The molecule has 1 radical (unpaired) electrons. The largest absolute Gasteiger partial charge is 0.501 e. The summed E-state index contributed by atoms with van der Waals surface area (Å²) < 4.78 is 7.45. The van der Waals surface area contributed by atoms with Crippen molar-refractivity contribution in [1.82, 2.24) is 9.97 Å². The Hall–Kier alpha value is -3.63. The van der Waals surface area contributed by atoms with E-state index in [4.69, 9.17) is 4.42 Å². The normalized spacial score (nSPS) is 10.8. The summed E-state index contributed by atoms with van der Waals surface area (Å²) >= 11 is 1.75. The van der Waals surface area contributed by atoms with E-state index in [0.29, 0.717) is 0 Å². The minimum atomic E-state index is 0. The van der Waals surface area contributed by atoms with E-state index in [0.717, 1.165) is 44.6 Å². The van der Waals surface area contributed by atoms with Gasteiger partial charge in [0.1, 0.15) is 5.58 Å². The number of furan rings is 1. The molecule has 7 rings (SSSR count). The molecule has 0 amide bonds. The molecule has 37 heavy (non-hydrogen) atoms. The zero-order valence-electron chi connectivity index (χ0n) is 20.3. The average Bonchev–Trinajstić information content (AvgIpc) is 3.55. The van der Waals surface area contributed by atoms with E-state index in [1.807, 2.05) is 68.7 Å². The Kier molecular flexibility index (Phi) is 7.29. The van der Waals surface area contributed by atoms with Gasteiger partial charge in [-0.2, -0.15) is 0 Å². The first-order valence-corrected chi connectivity index (χ1v) is 12.6. The van der Waals surface area contributed by atoms with E-state index >= 15 is 0 Å². The Balaban J connectivity index is 0.000000172. The molecule has 0 spiro atoms. The van der Waals surface area contributed by atoms with Gasteiger partial charge in [0.15, 0.2) is 0 Å². The minimum absolute atomic E-state index is 0. The van der Waals surface area contributed by atoms with E-state index in [1.165, 1.54) is 21.0 Å². The standard InChI is InChI=1S/C20H12NOS.C12H10N.Ir/c1-12-5-7-16(21-11-12)14-3-2-4-15-18-17(22-19(14)15)8-6-13-9-10-23-20(13)18;1-10-7-8-12(13-9-10)11-5-3-2-4-6-11;/h2,4-11H,1H3;2-5,7-9H,1H3;/q2*-1;. The van der Waals surface area contributed by atoms with Crippen LogP contribution in [0.5, 0.6) is 0 Å². The molecule has 5 heteroatoms. The molecule has 7 aromatic rings. The molecule has 4 heterocycles. The number of fused-ring (bicyclic) bond motifs is 5. The van der Waals surface area contributed by atoms with Crippen LogP contribution in [0.25, 0.3) is 54.5 Å². The van der Waals surface area contributed by atoms with Crippen LogP contribution in [-0.4, -0.2) is 9.97 Å². The number of aryl methyl sites for hydroxylation is 2. The minimum Gasteiger partial charge on any atom is -0.501 e. The van der Waals surface area contributed by atoms with Gasteiger partial charge < -0.3 is 14.4 Å². The predicted molar refractivity (Wildman–Crippen MR) is 149 cm³/mol. The number of benzene rings is 3. The van der Waals surface area contributed by atoms with Gasteiger partial charge in [0, 0.05) is 42.6 Å². The van der Waals surface area contributed by atoms with Crippen molar-refractivity contribution in [2.45, 2.75) is 13.8 Å². The number of nitrogens with zero attached hydrogens (tertiary/aromatic N) is 2. The second-order valence-corrected chi connectivity index (χ2v) is 9.61. The fraction of sp³-hybridized carbons (Fsp3) is 0.0625. The third-order valence-corrected chi connectivity index (χ3v) is 7.03. The first kappa shape index (κ1) is 25.0. The second kappa shape index (κ2) is 10.8. The van der Waals surface area contributed by atoms with Crippen molar-refractivity contribution in [2.75, 3.05) is 0 Å². The topological polar surface area (TPSA) is 38.9 Å². The van der Waals surface area contributed by atoms with E-state index in [2.05, 4.69) is 63.9 Å². The molecule has 0 aliphatic heterocycles. The molecule has 3 nitrogen and oxygen atoms in total. The van der Waals surface area contributed by atoms with Crippen LogP contribution in [0.2, 0.25) is 0 Å². The Labute approximate surface area is 233 Å². The maximum Gasteiger partial charge on any atom is 0.122 e. The maximum absolute atomic E-state index is 6.18. The van der Waals surface area contributed by atoms with Crippen LogP contribution < -0.4 is 0 Å². The summed E-state index contributed by atoms with van der Waals surface area (Å²) in [6.45, 7) is 4.07. The molecule has 0 unspecified atom stereocenters. The second-order valence-electron chi connectivity index (χ2n) is 8.69. The molecule has 0 N–H and O–H groups in total. The summed E-state index contributed by atoms with van der Waals surface area (Å²) in [7, 11) is 0. The van der Waals surface area contributed by atoms with Gasteiger partial charge in [-0.3, -0.25) is 0 Å². The summed E-state index contributed by atoms with van der Waals surface area (Å²) in [5.74, 6) is 0. The molecule has 0 aliphatic rings. The number of hydrogen-bond acceptors (Lipinski definition) is 4. The molecular weight excluding hydrogens is 653 g/mol. The number of hydrogen-bond donors (Lipinski definition) is 0. The molecule has 0 bridgehead atoms. The quantitative estimate of drug-likeness (QED) is 0.172. The Morgan fingerprint density at radius 2 is 1.54 bits per heavy atom. The first-order valence-electron chi connectivity index (χ1n) is 11.7. The molecule has 0 fully saturated rings. The zero-order valence-corrected chi connectivity index (χ0v) is 23.5. The first-order chi connectivity index (χ1) is 17.7. The van der Waals surface area contributed by atoms with Gasteiger partial charge in [-0.05, 0) is 65.3 Å². The smallest absolute Gasteiger partial charge is 0.122 e. The summed E-state index contributed by atoms with van der Waals surface area (Å²) in [5, 5.41) is 5.70. The number of thiophene rings is 1. The monoisotopic (exact) mass is 675 g/mol. The maximum atomic E-state index is 6.18. The molecule has 0 saturated heterocycles. The van der Waals surface area contributed by atoms with Gasteiger partial charge in [-0.1, -0.05) is 35.2 Å². The molecule has 0 atom stereocenters. The molecule has 183 valence electrons. The van der Waals surface area contributed by atoms with Crippen LogP contribution >= 0.6 is 11.3 Å². The van der Waals surface area contributed by atoms with Gasteiger partial charge >= 0.3 is 0 Å². The fourth-order valence-corrected chi connectivity index (χ4v) is 5.19. The third-order valence-electron chi connectivity index (χ3n) is 6.08. The van der Waals surface area contributed by atoms with Crippen LogP contribution in [0, 0.1) is 26.0 Å². The van der Waals surface area contributed by atoms with Crippen molar-refractivity contribution >= 4 is 43.4 Å². The van der Waals surface area contributed by atoms with Crippen LogP contribution in [0.15, 0.2) is 101 Å². The number of pyridine rings is 2. The Morgan fingerprint density at radius 1 is 0.757 bits per heavy atom. The Bertz CT molecular complexity index is 1790. The van der Waals surface area contributed by atoms with E-state index in [-0.39, 0.29) is 20.1 Å². The SMILES string of the molecule is Cc1ccc(-c2[c-]ccc3c2oc2ccc4ccsc4c23)nc1.Cc1ccc(-c2[c-]cccc2)nc1.[Ir]. The summed E-state index contributed by atoms with van der Waals surface area (Å²) in [6, 6.07) is 32.8. The molecular formula is C32H22IrN2OS-2.